The zero-order chi connectivity index (χ0) is 14.9. The summed E-state index contributed by atoms with van der Waals surface area (Å²) in [6.07, 6.45) is -2.28. The molecular weight excluding hydrogens is 393 g/mol. The minimum absolute atomic E-state index is 0.234. The Bertz CT molecular complexity index is 739. The highest BCUT2D eigenvalue weighted by molar-refractivity contribution is 14.1. The minimum Gasteiger partial charge on any atom is -0.390 e. The van der Waals surface area contributed by atoms with Crippen LogP contribution in [0.1, 0.15) is 12.6 Å². The van der Waals surface area contributed by atoms with E-state index in [4.69, 9.17) is 10.5 Å². The number of nitrogens with zero attached hydrogens (tertiary/aromatic N) is 4. The van der Waals surface area contributed by atoms with Gasteiger partial charge in [-0.05, 0) is 0 Å². The summed E-state index contributed by atoms with van der Waals surface area (Å²) in [7, 11) is 0. The van der Waals surface area contributed by atoms with Gasteiger partial charge < -0.3 is 25.8 Å². The largest absolute Gasteiger partial charge is 0.390 e. The average Bonchev–Trinajstić information content (AvgIpc) is 2.77. The summed E-state index contributed by atoms with van der Waals surface area (Å²) in [4.78, 5) is 12.4. The van der Waals surface area contributed by atoms with Crippen molar-refractivity contribution in [2.24, 2.45) is 0 Å². The first kappa shape index (κ1) is 13.6. The molecule has 10 heteroatoms. The van der Waals surface area contributed by atoms with E-state index < -0.39 is 30.1 Å². The Morgan fingerprint density at radius 3 is 2.71 bits per heavy atom. The summed E-state index contributed by atoms with van der Waals surface area (Å²) in [6, 6.07) is 0. The molecule has 5 atom stereocenters. The molecule has 1 saturated carbocycles. The van der Waals surface area contributed by atoms with Crippen LogP contribution in [0.5, 0.6) is 0 Å². The fourth-order valence-electron chi connectivity index (χ4n) is 2.82. The highest BCUT2D eigenvalue weighted by Gasteiger charge is 2.69. The molecule has 9 nitrogen and oxygen atoms in total. The number of anilines is 1. The van der Waals surface area contributed by atoms with Crippen LogP contribution in [-0.2, 0) is 4.74 Å². The standard InChI is InChI=1S/C11H12IN5O4/c12-10-15-7(13)4-8(16-10)17(2-14-4)9-5(19)6(20)11(21-9)1-3(11)18/h2-3,5-6,9,18-20H,1H2,(H2,13,15,16)/t3?,5-,6+,9-,11+/m1/s1. The maximum absolute atomic E-state index is 10.2. The van der Waals surface area contributed by atoms with Crippen molar-refractivity contribution in [1.82, 2.24) is 19.5 Å². The average molecular weight is 405 g/mol. The van der Waals surface area contributed by atoms with Gasteiger partial charge in [-0.15, -0.1) is 0 Å². The number of aliphatic hydroxyl groups excluding tert-OH is 3. The molecule has 0 bridgehead atoms. The second-order valence-corrected chi connectivity index (χ2v) is 6.29. The first-order chi connectivity index (χ1) is 9.94. The zero-order valence-corrected chi connectivity index (χ0v) is 12.7. The van der Waals surface area contributed by atoms with E-state index in [-0.39, 0.29) is 5.82 Å². The lowest BCUT2D eigenvalue weighted by atomic mass is 10.1. The fraction of sp³-hybridized carbons (Fsp3) is 0.545. The Morgan fingerprint density at radius 1 is 1.38 bits per heavy atom. The molecule has 2 aliphatic rings. The number of ether oxygens (including phenoxy) is 1. The Balaban J connectivity index is 1.81. The van der Waals surface area contributed by atoms with Gasteiger partial charge in [0, 0.05) is 29.0 Å². The second-order valence-electron chi connectivity index (χ2n) is 5.32. The lowest BCUT2D eigenvalue weighted by Gasteiger charge is -2.16. The van der Waals surface area contributed by atoms with Gasteiger partial charge in [0.2, 0.25) is 0 Å². The van der Waals surface area contributed by atoms with Crippen molar-refractivity contribution in [1.29, 1.82) is 0 Å². The third-order valence-corrected chi connectivity index (χ3v) is 4.55. The predicted octanol–water partition coefficient (Wildman–Crippen LogP) is -1.23. The van der Waals surface area contributed by atoms with Gasteiger partial charge in [0.05, 0.1) is 12.4 Å². The predicted molar refractivity (Wildman–Crippen MR) is 77.9 cm³/mol. The highest BCUT2D eigenvalue weighted by atomic mass is 127. The first-order valence-electron chi connectivity index (χ1n) is 6.31. The van der Waals surface area contributed by atoms with Crippen LogP contribution in [0.15, 0.2) is 6.33 Å². The SMILES string of the molecule is Nc1nc(I)nc2c1ncn2[C@@H]1O[C@]2(CC2O)[C@@H](O)[C@H]1O. The molecule has 1 aliphatic heterocycles. The number of nitrogens with two attached hydrogens (primary N) is 1. The minimum atomic E-state index is -1.19. The monoisotopic (exact) mass is 405 g/mol. The van der Waals surface area contributed by atoms with Crippen molar-refractivity contribution in [2.45, 2.75) is 36.6 Å². The van der Waals surface area contributed by atoms with Crippen LogP contribution >= 0.6 is 22.6 Å². The van der Waals surface area contributed by atoms with Crippen molar-refractivity contribution in [2.75, 3.05) is 5.73 Å². The number of hydrogen-bond donors (Lipinski definition) is 4. The van der Waals surface area contributed by atoms with E-state index in [0.29, 0.717) is 21.4 Å². The van der Waals surface area contributed by atoms with Gasteiger partial charge in [-0.25, -0.2) is 15.0 Å². The van der Waals surface area contributed by atoms with Crippen LogP contribution in [0, 0.1) is 3.83 Å². The van der Waals surface area contributed by atoms with Crippen molar-refractivity contribution < 1.29 is 20.1 Å². The molecule has 5 N–H and O–H groups in total. The Kier molecular flexibility index (Phi) is 2.73. The van der Waals surface area contributed by atoms with Gasteiger partial charge in [0.1, 0.15) is 23.3 Å². The molecule has 2 aromatic heterocycles. The molecule has 0 amide bonds. The summed E-state index contributed by atoms with van der Waals surface area (Å²) >= 11 is 1.93. The molecule has 1 unspecified atom stereocenters. The molecule has 1 saturated heterocycles. The molecule has 112 valence electrons. The normalized spacial score (nSPS) is 38.5. The zero-order valence-electron chi connectivity index (χ0n) is 10.6. The molecule has 4 rings (SSSR count). The number of hydrogen-bond acceptors (Lipinski definition) is 8. The van der Waals surface area contributed by atoms with Gasteiger partial charge in [-0.1, -0.05) is 0 Å². The summed E-state index contributed by atoms with van der Waals surface area (Å²) in [5.41, 5.74) is 5.52. The fourth-order valence-corrected chi connectivity index (χ4v) is 3.30. The number of rotatable bonds is 1. The van der Waals surface area contributed by atoms with Crippen LogP contribution in [-0.4, -0.2) is 58.8 Å². The maximum atomic E-state index is 10.2. The first-order valence-corrected chi connectivity index (χ1v) is 7.39. The third-order valence-electron chi connectivity index (χ3n) is 4.07. The Morgan fingerprint density at radius 2 is 2.10 bits per heavy atom. The molecule has 21 heavy (non-hydrogen) atoms. The molecule has 2 aromatic rings. The van der Waals surface area contributed by atoms with Gasteiger partial charge in [-0.3, -0.25) is 4.57 Å². The van der Waals surface area contributed by atoms with Crippen LogP contribution in [0.4, 0.5) is 5.82 Å². The number of nitrogen functional groups attached to an aromatic ring is 1. The third kappa shape index (κ3) is 1.73. The van der Waals surface area contributed by atoms with E-state index >= 15 is 0 Å². The number of imidazole rings is 1. The summed E-state index contributed by atoms with van der Waals surface area (Å²) in [5, 5.41) is 29.9. The number of halogens is 1. The van der Waals surface area contributed by atoms with E-state index in [9.17, 15) is 15.3 Å². The Labute approximate surface area is 131 Å². The van der Waals surface area contributed by atoms with E-state index in [1.54, 1.807) is 0 Å². The van der Waals surface area contributed by atoms with E-state index in [0.717, 1.165) is 0 Å². The van der Waals surface area contributed by atoms with Gasteiger partial charge in [0.15, 0.2) is 21.5 Å². The van der Waals surface area contributed by atoms with E-state index in [1.807, 2.05) is 22.6 Å². The van der Waals surface area contributed by atoms with Gasteiger partial charge >= 0.3 is 0 Å². The van der Waals surface area contributed by atoms with Crippen molar-refractivity contribution >= 4 is 39.6 Å². The van der Waals surface area contributed by atoms with Crippen LogP contribution < -0.4 is 5.73 Å². The highest BCUT2D eigenvalue weighted by Crippen LogP contribution is 2.53. The number of fused-ring (bicyclic) bond motifs is 1. The summed E-state index contributed by atoms with van der Waals surface area (Å²) in [5.74, 6) is 0.234. The van der Waals surface area contributed by atoms with Gasteiger partial charge in [-0.2, -0.15) is 0 Å². The van der Waals surface area contributed by atoms with Gasteiger partial charge in [0.25, 0.3) is 0 Å². The number of aliphatic hydroxyl groups is 3. The summed E-state index contributed by atoms with van der Waals surface area (Å²) < 4.78 is 7.64. The smallest absolute Gasteiger partial charge is 0.194 e. The molecule has 2 fully saturated rings. The molecule has 1 aliphatic carbocycles. The molecular formula is C11H12IN5O4. The van der Waals surface area contributed by atoms with E-state index in [1.165, 1.54) is 10.9 Å². The second kappa shape index (κ2) is 4.23. The van der Waals surface area contributed by atoms with Crippen molar-refractivity contribution in [3.63, 3.8) is 0 Å². The lowest BCUT2D eigenvalue weighted by Crippen LogP contribution is -2.34. The lowest BCUT2D eigenvalue weighted by molar-refractivity contribution is -0.0633. The molecule has 3 heterocycles. The molecule has 0 aromatic carbocycles. The molecule has 1 spiro atoms. The van der Waals surface area contributed by atoms with Crippen LogP contribution in [0.3, 0.4) is 0 Å². The van der Waals surface area contributed by atoms with Crippen LogP contribution in [0.25, 0.3) is 11.2 Å². The topological polar surface area (TPSA) is 140 Å². The van der Waals surface area contributed by atoms with Crippen molar-refractivity contribution in [3.8, 4) is 0 Å². The van der Waals surface area contributed by atoms with Crippen LogP contribution in [0.2, 0.25) is 0 Å². The molecule has 0 radical (unpaired) electrons. The number of aromatic nitrogens is 4. The van der Waals surface area contributed by atoms with Crippen molar-refractivity contribution in [3.05, 3.63) is 10.2 Å². The van der Waals surface area contributed by atoms with E-state index in [2.05, 4.69) is 15.0 Å². The Hall–Kier alpha value is -1.08. The quantitative estimate of drug-likeness (QED) is 0.342. The summed E-state index contributed by atoms with van der Waals surface area (Å²) in [6.45, 7) is 0. The maximum Gasteiger partial charge on any atom is 0.194 e.